The molecule has 59 heavy (non-hydrogen) atoms. The summed E-state index contributed by atoms with van der Waals surface area (Å²) in [6.07, 6.45) is -0.552. The number of carbonyl (C=O) groups is 7. The Morgan fingerprint density at radius 2 is 1.56 bits per heavy atom. The van der Waals surface area contributed by atoms with Crippen molar-refractivity contribution in [1.29, 1.82) is 0 Å². The Morgan fingerprint density at radius 1 is 0.932 bits per heavy atom. The standard InChI is InChI=1S/C23H36N4O7.C10H12FN3O2.C7H6F2/c1-12-9-17-23(33)34-13(2)10-18(29)26-8-6-7-16(26)22(32)25(5)19(15(4)28)20(30)24-14(3)21(31)27(17)11-12;1-7-2-4-8(5-3-7)13-10(16)12-6-9(15)14-11;1-5-2-6(8)4-7(9)3-5/h12-17,19,28H,6-11H2,1-5H3,(H,24,30);2-5H,6H2,1H3,(H,14,15)(H2,12,13,16);2-4H,1H3. The van der Waals surface area contributed by atoms with Gasteiger partial charge in [-0.05, 0) is 89.6 Å². The van der Waals surface area contributed by atoms with E-state index in [0.717, 1.165) is 22.1 Å². The van der Waals surface area contributed by atoms with Gasteiger partial charge in [-0.1, -0.05) is 24.6 Å². The lowest BCUT2D eigenvalue weighted by Crippen LogP contribution is -2.60. The van der Waals surface area contributed by atoms with Gasteiger partial charge in [0.1, 0.15) is 48.5 Å². The molecule has 3 aliphatic heterocycles. The van der Waals surface area contributed by atoms with E-state index in [-0.39, 0.29) is 18.2 Å². The van der Waals surface area contributed by atoms with Gasteiger partial charge >= 0.3 is 12.0 Å². The zero-order valence-electron chi connectivity index (χ0n) is 34.2. The number of esters is 1. The number of anilines is 1. The number of aryl methyl sites for hydroxylation is 2. The number of nitrogens with zero attached hydrogens (tertiary/aromatic N) is 3. The van der Waals surface area contributed by atoms with Crippen molar-refractivity contribution in [2.24, 2.45) is 5.92 Å². The second-order valence-electron chi connectivity index (χ2n) is 15.0. The summed E-state index contributed by atoms with van der Waals surface area (Å²) in [5.41, 5.74) is 3.19. The number of benzene rings is 2. The minimum absolute atomic E-state index is 0.0581. The number of urea groups is 1. The SMILES string of the molecule is CC1CC2C(=O)OC(C)CC(=O)N3CCCC3C(=O)N(C)C(C(C)O)C(=O)NC(C)C(=O)N2C1.Cc1cc(F)cc(F)c1.Cc1ccc(NC(=O)NCC(=O)NF)cc1. The summed E-state index contributed by atoms with van der Waals surface area (Å²) in [7, 11) is 1.42. The quantitative estimate of drug-likeness (QED) is 0.227. The highest BCUT2D eigenvalue weighted by Crippen LogP contribution is 2.27. The number of cyclic esters (lactones) is 1. The molecule has 7 amide bonds. The molecule has 3 fully saturated rings. The molecule has 2 aromatic rings. The van der Waals surface area contributed by atoms with Gasteiger partial charge in [0.05, 0.1) is 12.5 Å². The Hall–Kier alpha value is -5.72. The number of carbonyl (C=O) groups excluding carboxylic acids is 7. The summed E-state index contributed by atoms with van der Waals surface area (Å²) < 4.78 is 41.5. The summed E-state index contributed by atoms with van der Waals surface area (Å²) >= 11 is 0. The predicted octanol–water partition coefficient (Wildman–Crippen LogP) is 2.65. The molecule has 0 radical (unpaired) electrons. The van der Waals surface area contributed by atoms with E-state index in [9.17, 15) is 51.9 Å². The van der Waals surface area contributed by atoms with E-state index in [1.807, 2.05) is 26.0 Å². The first kappa shape index (κ1) is 47.7. The van der Waals surface area contributed by atoms with Gasteiger partial charge in [-0.2, -0.15) is 5.54 Å². The number of rotatable bonds is 4. The number of hydrogen-bond acceptors (Lipinski definition) is 9. The van der Waals surface area contributed by atoms with E-state index in [1.165, 1.54) is 42.8 Å². The molecule has 0 saturated carbocycles. The number of aliphatic hydroxyl groups is 1. The maximum Gasteiger partial charge on any atom is 0.329 e. The van der Waals surface area contributed by atoms with E-state index in [4.69, 9.17) is 4.74 Å². The van der Waals surface area contributed by atoms with Gasteiger partial charge in [0.25, 0.3) is 5.91 Å². The molecule has 7 unspecified atom stereocenters. The van der Waals surface area contributed by atoms with E-state index in [2.05, 4.69) is 16.0 Å². The molecule has 0 spiro atoms. The number of aliphatic hydroxyl groups excluding tert-OH is 1. The molecule has 5 N–H and O–H groups in total. The maximum atomic E-state index is 13.3. The van der Waals surface area contributed by atoms with Crippen LogP contribution < -0.4 is 21.5 Å². The Balaban J connectivity index is 0.000000304. The normalized spacial score (nSPS) is 24.3. The van der Waals surface area contributed by atoms with Crippen molar-refractivity contribution in [2.75, 3.05) is 32.0 Å². The largest absolute Gasteiger partial charge is 0.461 e. The van der Waals surface area contributed by atoms with Crippen LogP contribution in [0.1, 0.15) is 64.5 Å². The van der Waals surface area contributed by atoms with E-state index in [1.54, 1.807) is 26.0 Å². The highest BCUT2D eigenvalue weighted by atomic mass is 19.2. The van der Waals surface area contributed by atoms with Crippen molar-refractivity contribution in [3.63, 3.8) is 0 Å². The van der Waals surface area contributed by atoms with Crippen LogP contribution in [0.15, 0.2) is 42.5 Å². The molecule has 19 heteroatoms. The Morgan fingerprint density at radius 3 is 2.14 bits per heavy atom. The van der Waals surface area contributed by atoms with Gasteiger partial charge in [0, 0.05) is 31.9 Å². The minimum Gasteiger partial charge on any atom is -0.461 e. The number of ether oxygens (including phenoxy) is 1. The number of amides is 7. The fourth-order valence-electron chi connectivity index (χ4n) is 6.91. The van der Waals surface area contributed by atoms with E-state index in [0.29, 0.717) is 43.6 Å². The average Bonchev–Trinajstić information content (AvgIpc) is 3.81. The molecular weight excluding hydrogens is 779 g/mol. The van der Waals surface area contributed by atoms with Gasteiger partial charge in [-0.3, -0.25) is 24.0 Å². The third kappa shape index (κ3) is 14.0. The Labute approximate surface area is 341 Å². The third-order valence-electron chi connectivity index (χ3n) is 9.75. The molecular formula is C40H54F3N7O9. The second-order valence-corrected chi connectivity index (χ2v) is 15.0. The van der Waals surface area contributed by atoms with Gasteiger partial charge in [0.15, 0.2) is 0 Å². The number of halogens is 3. The molecule has 3 aliphatic rings. The van der Waals surface area contributed by atoms with Crippen LogP contribution in [0.25, 0.3) is 0 Å². The van der Waals surface area contributed by atoms with Crippen LogP contribution in [0.5, 0.6) is 0 Å². The van der Waals surface area contributed by atoms with Crippen molar-refractivity contribution < 1.29 is 56.7 Å². The zero-order chi connectivity index (χ0) is 44.1. The number of hydrogen-bond donors (Lipinski definition) is 5. The maximum absolute atomic E-state index is 13.3. The number of fused-ring (bicyclic) bond motifs is 2. The van der Waals surface area contributed by atoms with Gasteiger partial charge in [-0.25, -0.2) is 18.4 Å². The first-order valence-corrected chi connectivity index (χ1v) is 19.2. The first-order valence-electron chi connectivity index (χ1n) is 19.2. The zero-order valence-corrected chi connectivity index (χ0v) is 34.2. The molecule has 16 nitrogen and oxygen atoms in total. The number of likely N-dealkylation sites (N-methyl/N-ethyl adjacent to an activating group) is 1. The van der Waals surface area contributed by atoms with Crippen molar-refractivity contribution in [2.45, 2.75) is 104 Å². The fourth-order valence-corrected chi connectivity index (χ4v) is 6.91. The van der Waals surface area contributed by atoms with E-state index >= 15 is 0 Å². The topological polar surface area (TPSA) is 207 Å². The molecule has 0 aromatic heterocycles. The Kier molecular flexibility index (Phi) is 17.7. The van der Waals surface area contributed by atoms with E-state index < -0.39 is 90.2 Å². The van der Waals surface area contributed by atoms with Crippen LogP contribution in [0.4, 0.5) is 23.7 Å². The highest BCUT2D eigenvalue weighted by Gasteiger charge is 2.44. The summed E-state index contributed by atoms with van der Waals surface area (Å²) in [5.74, 6) is -4.39. The smallest absolute Gasteiger partial charge is 0.329 e. The summed E-state index contributed by atoms with van der Waals surface area (Å²) in [5, 5.41) is 17.6. The minimum atomic E-state index is -1.25. The lowest BCUT2D eigenvalue weighted by Gasteiger charge is -2.35. The van der Waals surface area contributed by atoms with Crippen LogP contribution in [0, 0.1) is 31.4 Å². The second kappa shape index (κ2) is 21.9. The molecule has 5 rings (SSSR count). The molecule has 0 bridgehead atoms. The molecule has 324 valence electrons. The van der Waals surface area contributed by atoms with Crippen molar-refractivity contribution in [3.05, 3.63) is 65.2 Å². The number of nitrogens with one attached hydrogen (secondary N) is 4. The molecule has 0 aliphatic carbocycles. The van der Waals surface area contributed by atoms with Crippen molar-refractivity contribution in [1.82, 2.24) is 30.9 Å². The molecule has 3 saturated heterocycles. The monoisotopic (exact) mass is 833 g/mol. The lowest BCUT2D eigenvalue weighted by atomic mass is 10.1. The lowest BCUT2D eigenvalue weighted by molar-refractivity contribution is -0.160. The van der Waals surface area contributed by atoms with Crippen LogP contribution >= 0.6 is 0 Å². The van der Waals surface area contributed by atoms with Crippen LogP contribution in [-0.4, -0.2) is 124 Å². The predicted molar refractivity (Wildman–Crippen MR) is 209 cm³/mol. The molecule has 3 heterocycles. The highest BCUT2D eigenvalue weighted by molar-refractivity contribution is 5.96. The fraction of sp³-hybridized carbons (Fsp3) is 0.525. The molecule has 2 aromatic carbocycles. The third-order valence-corrected chi connectivity index (χ3v) is 9.75. The van der Waals surface area contributed by atoms with Gasteiger partial charge < -0.3 is 40.5 Å². The average molecular weight is 834 g/mol. The van der Waals surface area contributed by atoms with Crippen LogP contribution in [0.2, 0.25) is 0 Å². The Bertz CT molecular complexity index is 1780. The first-order chi connectivity index (χ1) is 27.7. The van der Waals surface area contributed by atoms with Crippen LogP contribution in [-0.2, 0) is 33.5 Å². The summed E-state index contributed by atoms with van der Waals surface area (Å²) in [4.78, 5) is 91.1. The summed E-state index contributed by atoms with van der Waals surface area (Å²) in [6.45, 7) is 10.3. The summed E-state index contributed by atoms with van der Waals surface area (Å²) in [6, 6.07) is 6.18. The van der Waals surface area contributed by atoms with Crippen molar-refractivity contribution in [3.8, 4) is 0 Å². The molecule has 7 atom stereocenters. The van der Waals surface area contributed by atoms with Gasteiger partial charge in [-0.15, -0.1) is 4.48 Å². The van der Waals surface area contributed by atoms with Crippen molar-refractivity contribution >= 4 is 47.2 Å². The van der Waals surface area contributed by atoms with Gasteiger partial charge in [0.2, 0.25) is 23.6 Å². The van der Waals surface area contributed by atoms with Crippen LogP contribution in [0.3, 0.4) is 0 Å².